The number of hydrogen-bond acceptors (Lipinski definition) is 4. The molecule has 1 saturated heterocycles. The van der Waals surface area contributed by atoms with Crippen LogP contribution in [0.4, 0.5) is 0 Å². The zero-order chi connectivity index (χ0) is 8.23. The first-order valence-corrected chi connectivity index (χ1v) is 5.85. The molecule has 0 amide bonds. The van der Waals surface area contributed by atoms with Crippen LogP contribution in [-0.4, -0.2) is 23.4 Å². The molecule has 0 saturated carbocycles. The molecule has 1 aliphatic rings. The molecule has 0 aromatic carbocycles. The maximum absolute atomic E-state index is 5.29. The summed E-state index contributed by atoms with van der Waals surface area (Å²) in [6.07, 6.45) is 4.21. The summed E-state index contributed by atoms with van der Waals surface area (Å²) in [4.78, 5) is 4.25. The SMILES string of the molecule is c1csc(SC2CCOCC2)n1. The van der Waals surface area contributed by atoms with E-state index in [0.29, 0.717) is 0 Å². The van der Waals surface area contributed by atoms with Crippen LogP contribution in [0.2, 0.25) is 0 Å². The van der Waals surface area contributed by atoms with Gasteiger partial charge in [-0.05, 0) is 12.8 Å². The van der Waals surface area contributed by atoms with Crippen LogP contribution in [0.5, 0.6) is 0 Å². The normalized spacial score (nSPS) is 19.7. The van der Waals surface area contributed by atoms with Crippen LogP contribution >= 0.6 is 23.1 Å². The lowest BCUT2D eigenvalue weighted by molar-refractivity contribution is 0.100. The van der Waals surface area contributed by atoms with Crippen LogP contribution < -0.4 is 0 Å². The van der Waals surface area contributed by atoms with E-state index in [1.54, 1.807) is 11.3 Å². The Kier molecular flexibility index (Phi) is 3.03. The fourth-order valence-corrected chi connectivity index (χ4v) is 3.20. The molecule has 0 radical (unpaired) electrons. The van der Waals surface area contributed by atoms with Gasteiger partial charge in [0.05, 0.1) is 0 Å². The highest BCUT2D eigenvalue weighted by Crippen LogP contribution is 2.30. The Balaban J connectivity index is 1.86. The molecule has 1 aromatic heterocycles. The molecule has 0 spiro atoms. The molecular formula is C8H11NOS2. The highest BCUT2D eigenvalue weighted by molar-refractivity contribution is 8.01. The molecule has 4 heteroatoms. The Morgan fingerprint density at radius 3 is 3.00 bits per heavy atom. The van der Waals surface area contributed by atoms with E-state index < -0.39 is 0 Å². The maximum atomic E-state index is 5.29. The molecule has 1 aromatic rings. The van der Waals surface area contributed by atoms with E-state index in [1.807, 2.05) is 23.3 Å². The monoisotopic (exact) mass is 201 g/mol. The van der Waals surface area contributed by atoms with Crippen molar-refractivity contribution in [3.05, 3.63) is 11.6 Å². The molecule has 0 atom stereocenters. The van der Waals surface area contributed by atoms with Crippen LogP contribution in [-0.2, 0) is 4.74 Å². The van der Waals surface area contributed by atoms with Crippen molar-refractivity contribution in [2.24, 2.45) is 0 Å². The van der Waals surface area contributed by atoms with Gasteiger partial charge in [-0.25, -0.2) is 4.98 Å². The van der Waals surface area contributed by atoms with Crippen molar-refractivity contribution in [2.45, 2.75) is 22.4 Å². The summed E-state index contributed by atoms with van der Waals surface area (Å²) in [7, 11) is 0. The molecule has 2 nitrogen and oxygen atoms in total. The molecule has 2 rings (SSSR count). The average molecular weight is 201 g/mol. The Hall–Kier alpha value is -0.0600. The first-order valence-electron chi connectivity index (χ1n) is 4.09. The number of nitrogens with zero attached hydrogens (tertiary/aromatic N) is 1. The predicted molar refractivity (Wildman–Crippen MR) is 51.8 cm³/mol. The van der Waals surface area contributed by atoms with Crippen molar-refractivity contribution in [3.8, 4) is 0 Å². The summed E-state index contributed by atoms with van der Waals surface area (Å²) in [5.41, 5.74) is 0. The summed E-state index contributed by atoms with van der Waals surface area (Å²) >= 11 is 3.63. The Morgan fingerprint density at radius 1 is 1.50 bits per heavy atom. The molecule has 0 N–H and O–H groups in total. The van der Waals surface area contributed by atoms with Gasteiger partial charge in [0.25, 0.3) is 0 Å². The minimum atomic E-state index is 0.727. The van der Waals surface area contributed by atoms with E-state index in [4.69, 9.17) is 4.74 Å². The number of thioether (sulfide) groups is 1. The lowest BCUT2D eigenvalue weighted by atomic mass is 10.2. The van der Waals surface area contributed by atoms with Crippen LogP contribution in [0.25, 0.3) is 0 Å². The Morgan fingerprint density at radius 2 is 2.33 bits per heavy atom. The quantitative estimate of drug-likeness (QED) is 0.733. The maximum Gasteiger partial charge on any atom is 0.150 e. The molecule has 0 bridgehead atoms. The summed E-state index contributed by atoms with van der Waals surface area (Å²) in [5, 5.41) is 2.76. The van der Waals surface area contributed by atoms with Gasteiger partial charge in [-0.2, -0.15) is 0 Å². The summed E-state index contributed by atoms with van der Waals surface area (Å²) < 4.78 is 6.48. The second-order valence-corrected chi connectivity index (χ2v) is 5.17. The molecule has 1 fully saturated rings. The van der Waals surface area contributed by atoms with Crippen molar-refractivity contribution < 1.29 is 4.74 Å². The van der Waals surface area contributed by atoms with Crippen molar-refractivity contribution in [1.82, 2.24) is 4.98 Å². The van der Waals surface area contributed by atoms with Crippen LogP contribution in [0.1, 0.15) is 12.8 Å². The third kappa shape index (κ3) is 2.21. The van der Waals surface area contributed by atoms with E-state index in [-0.39, 0.29) is 0 Å². The average Bonchev–Trinajstić information content (AvgIpc) is 2.59. The van der Waals surface area contributed by atoms with Crippen LogP contribution in [0.15, 0.2) is 15.9 Å². The zero-order valence-electron chi connectivity index (χ0n) is 6.73. The lowest BCUT2D eigenvalue weighted by Crippen LogP contribution is -2.17. The Labute approximate surface area is 80.3 Å². The number of hydrogen-bond donors (Lipinski definition) is 0. The van der Waals surface area contributed by atoms with Crippen molar-refractivity contribution >= 4 is 23.1 Å². The summed E-state index contributed by atoms with van der Waals surface area (Å²) in [5.74, 6) is 0. The second-order valence-electron chi connectivity index (χ2n) is 2.73. The highest BCUT2D eigenvalue weighted by Gasteiger charge is 2.15. The lowest BCUT2D eigenvalue weighted by Gasteiger charge is -2.19. The number of rotatable bonds is 2. The molecule has 0 aliphatic carbocycles. The van der Waals surface area contributed by atoms with E-state index >= 15 is 0 Å². The fourth-order valence-electron chi connectivity index (χ4n) is 1.20. The molecule has 66 valence electrons. The minimum Gasteiger partial charge on any atom is -0.381 e. The van der Waals surface area contributed by atoms with Gasteiger partial charge in [0.15, 0.2) is 0 Å². The minimum absolute atomic E-state index is 0.727. The highest BCUT2D eigenvalue weighted by atomic mass is 32.2. The van der Waals surface area contributed by atoms with Crippen molar-refractivity contribution in [2.75, 3.05) is 13.2 Å². The first kappa shape index (κ1) is 8.53. The molecule has 2 heterocycles. The van der Waals surface area contributed by atoms with Gasteiger partial charge in [-0.15, -0.1) is 11.3 Å². The van der Waals surface area contributed by atoms with Crippen molar-refractivity contribution in [3.63, 3.8) is 0 Å². The molecule has 0 unspecified atom stereocenters. The topological polar surface area (TPSA) is 22.1 Å². The largest absolute Gasteiger partial charge is 0.381 e. The molecule has 12 heavy (non-hydrogen) atoms. The van der Waals surface area contributed by atoms with Gasteiger partial charge in [0.2, 0.25) is 0 Å². The van der Waals surface area contributed by atoms with Gasteiger partial charge in [0, 0.05) is 30.0 Å². The number of thiazole rings is 1. The second kappa shape index (κ2) is 4.25. The summed E-state index contributed by atoms with van der Waals surface area (Å²) in [6, 6.07) is 0. The standard InChI is InChI=1S/C8H11NOS2/c1-4-10-5-2-7(1)12-8-9-3-6-11-8/h3,6-7H,1-2,4-5H2. The third-order valence-corrected chi connectivity index (χ3v) is 4.10. The van der Waals surface area contributed by atoms with E-state index in [1.165, 1.54) is 17.2 Å². The molecular weight excluding hydrogens is 190 g/mol. The van der Waals surface area contributed by atoms with Crippen LogP contribution in [0.3, 0.4) is 0 Å². The number of aromatic nitrogens is 1. The smallest absolute Gasteiger partial charge is 0.150 e. The van der Waals surface area contributed by atoms with Crippen molar-refractivity contribution in [1.29, 1.82) is 0 Å². The first-order chi connectivity index (χ1) is 5.95. The summed E-state index contributed by atoms with van der Waals surface area (Å²) in [6.45, 7) is 1.84. The van der Waals surface area contributed by atoms with Gasteiger partial charge < -0.3 is 4.74 Å². The van der Waals surface area contributed by atoms with E-state index in [2.05, 4.69) is 4.98 Å². The van der Waals surface area contributed by atoms with E-state index in [9.17, 15) is 0 Å². The molecule has 1 aliphatic heterocycles. The van der Waals surface area contributed by atoms with Gasteiger partial charge in [-0.1, -0.05) is 11.8 Å². The van der Waals surface area contributed by atoms with Crippen LogP contribution in [0, 0.1) is 0 Å². The predicted octanol–water partition coefficient (Wildman–Crippen LogP) is 2.41. The zero-order valence-corrected chi connectivity index (χ0v) is 8.37. The third-order valence-electron chi connectivity index (χ3n) is 1.85. The van der Waals surface area contributed by atoms with Gasteiger partial charge in [-0.3, -0.25) is 0 Å². The fraction of sp³-hybridized carbons (Fsp3) is 0.625. The van der Waals surface area contributed by atoms with Gasteiger partial charge >= 0.3 is 0 Å². The van der Waals surface area contributed by atoms with Gasteiger partial charge in [0.1, 0.15) is 4.34 Å². The van der Waals surface area contributed by atoms with E-state index in [0.717, 1.165) is 18.5 Å². The number of ether oxygens (including phenoxy) is 1. The Bertz CT molecular complexity index is 219.